The molecule has 0 aliphatic heterocycles. The molecule has 2 saturated carbocycles. The number of carbonyl (C=O) groups is 1. The molecule has 190 valence electrons. The molecule has 3 aromatic rings. The number of fused-ring (bicyclic) bond motifs is 1. The van der Waals surface area contributed by atoms with Gasteiger partial charge in [0.2, 0.25) is 12.3 Å². The molecule has 0 unspecified atom stereocenters. The van der Waals surface area contributed by atoms with Crippen LogP contribution in [0.3, 0.4) is 0 Å². The van der Waals surface area contributed by atoms with Crippen molar-refractivity contribution < 1.29 is 19.0 Å². The van der Waals surface area contributed by atoms with Gasteiger partial charge in [-0.15, -0.1) is 0 Å². The second kappa shape index (κ2) is 13.1. The van der Waals surface area contributed by atoms with Gasteiger partial charge in [-0.2, -0.15) is 0 Å². The zero-order valence-corrected chi connectivity index (χ0v) is 21.3. The van der Waals surface area contributed by atoms with Crippen LogP contribution in [0.25, 0.3) is 22.2 Å². The monoisotopic (exact) mass is 483 g/mol. The molecule has 35 heavy (non-hydrogen) atoms. The van der Waals surface area contributed by atoms with Gasteiger partial charge in [0.1, 0.15) is 17.2 Å². The molecular weight excluding hydrogens is 446 g/mol. The fourth-order valence-corrected chi connectivity index (χ4v) is 3.09. The van der Waals surface area contributed by atoms with Crippen LogP contribution in [-0.2, 0) is 9.53 Å². The fraction of sp³-hybridized carbons (Fsp3) is 0.500. The number of aromatic amines is 1. The van der Waals surface area contributed by atoms with Crippen molar-refractivity contribution in [2.75, 3.05) is 46.8 Å². The Morgan fingerprint density at radius 3 is 2.46 bits per heavy atom. The van der Waals surface area contributed by atoms with Crippen molar-refractivity contribution in [2.24, 2.45) is 5.92 Å². The third-order valence-corrected chi connectivity index (χ3v) is 5.51. The number of anilines is 1. The van der Waals surface area contributed by atoms with Gasteiger partial charge < -0.3 is 29.4 Å². The number of hydrogen-bond donors (Lipinski definition) is 2. The largest absolute Gasteiger partial charge is 0.490 e. The maximum Gasteiger partial charge on any atom is 0.224 e. The highest BCUT2D eigenvalue weighted by atomic mass is 16.5. The number of rotatable bonds is 9. The molecule has 9 nitrogen and oxygen atoms in total. The van der Waals surface area contributed by atoms with Crippen LogP contribution in [0.15, 0.2) is 30.6 Å². The first kappa shape index (κ1) is 26.4. The summed E-state index contributed by atoms with van der Waals surface area (Å²) in [6, 6.07) is 5.50. The normalized spacial score (nSPS) is 14.5. The van der Waals surface area contributed by atoms with Crippen LogP contribution in [0.4, 0.5) is 5.82 Å². The first-order valence-corrected chi connectivity index (χ1v) is 12.0. The van der Waals surface area contributed by atoms with Gasteiger partial charge >= 0.3 is 0 Å². The molecule has 9 heteroatoms. The number of hydrogen-bond acceptors (Lipinski definition) is 7. The van der Waals surface area contributed by atoms with Crippen molar-refractivity contribution >= 4 is 23.3 Å². The number of aromatic nitrogens is 3. The summed E-state index contributed by atoms with van der Waals surface area (Å²) in [5, 5.41) is 3.44. The van der Waals surface area contributed by atoms with Gasteiger partial charge in [-0.3, -0.25) is 4.79 Å². The second-order valence-electron chi connectivity index (χ2n) is 9.05. The van der Waals surface area contributed by atoms with E-state index in [1.54, 1.807) is 26.5 Å². The van der Waals surface area contributed by atoms with Crippen molar-refractivity contribution in [3.63, 3.8) is 0 Å². The molecule has 1 amide bonds. The van der Waals surface area contributed by atoms with Crippen LogP contribution < -0.4 is 14.8 Å². The van der Waals surface area contributed by atoms with E-state index in [4.69, 9.17) is 14.2 Å². The molecule has 2 N–H and O–H groups in total. The number of pyridine rings is 2. The number of H-pyrrole nitrogens is 1. The van der Waals surface area contributed by atoms with E-state index in [2.05, 4.69) is 32.1 Å². The van der Waals surface area contributed by atoms with Crippen molar-refractivity contribution in [1.82, 2.24) is 19.9 Å². The molecule has 0 spiro atoms. The number of methoxy groups -OCH3 is 2. The van der Waals surface area contributed by atoms with Gasteiger partial charge in [0.25, 0.3) is 0 Å². The summed E-state index contributed by atoms with van der Waals surface area (Å²) in [5.41, 5.74) is 2.37. The number of likely N-dealkylation sites (N-methyl/N-ethyl adjacent to an activating group) is 1. The van der Waals surface area contributed by atoms with E-state index < -0.39 is 0 Å². The summed E-state index contributed by atoms with van der Waals surface area (Å²) in [5.74, 6) is 2.82. The van der Waals surface area contributed by atoms with Crippen LogP contribution in [0.2, 0.25) is 0 Å². The summed E-state index contributed by atoms with van der Waals surface area (Å²) in [6.07, 6.45) is 9.51. The van der Waals surface area contributed by atoms with E-state index in [1.807, 2.05) is 32.4 Å². The summed E-state index contributed by atoms with van der Waals surface area (Å²) < 4.78 is 16.3. The lowest BCUT2D eigenvalue weighted by atomic mass is 10.1. The summed E-state index contributed by atoms with van der Waals surface area (Å²) in [6.45, 7) is 4.11. The average molecular weight is 484 g/mol. The summed E-state index contributed by atoms with van der Waals surface area (Å²) in [7, 11) is 7.35. The van der Waals surface area contributed by atoms with Gasteiger partial charge in [-0.1, -0.05) is 19.8 Å². The van der Waals surface area contributed by atoms with E-state index >= 15 is 0 Å². The third-order valence-electron chi connectivity index (χ3n) is 5.51. The fourth-order valence-electron chi connectivity index (χ4n) is 3.09. The highest BCUT2D eigenvalue weighted by molar-refractivity contribution is 5.97. The Bertz CT molecular complexity index is 1080. The number of amides is 1. The highest BCUT2D eigenvalue weighted by Gasteiger charge is 2.27. The average Bonchev–Trinajstić information content (AvgIpc) is 3.79. The first-order chi connectivity index (χ1) is 17.0. The van der Waals surface area contributed by atoms with Gasteiger partial charge in [0.15, 0.2) is 0 Å². The maximum atomic E-state index is 10.6. The Morgan fingerprint density at radius 1 is 1.17 bits per heavy atom. The lowest BCUT2D eigenvalue weighted by Gasteiger charge is -2.13. The Balaban J connectivity index is 0.000000259. The minimum absolute atomic E-state index is 0.266. The van der Waals surface area contributed by atoms with Gasteiger partial charge in [-0.05, 0) is 51.1 Å². The zero-order valence-electron chi connectivity index (χ0n) is 21.3. The molecule has 2 fully saturated rings. The SMILES string of the molecule is CC1CC1.COCCN(C)C.COc1nccc(OC2CC2)c1-c1c[nH]c2nc(NC=O)ccc12. The highest BCUT2D eigenvalue weighted by Crippen LogP contribution is 2.42. The lowest BCUT2D eigenvalue weighted by molar-refractivity contribution is -0.105. The topological polar surface area (TPSA) is 102 Å². The number of nitrogens with one attached hydrogen (secondary N) is 2. The molecule has 2 aliphatic rings. The van der Waals surface area contributed by atoms with Crippen LogP contribution in [0.5, 0.6) is 11.6 Å². The molecule has 0 aromatic carbocycles. The number of ether oxygens (including phenoxy) is 3. The van der Waals surface area contributed by atoms with E-state index in [9.17, 15) is 4.79 Å². The molecule has 3 aromatic heterocycles. The molecule has 0 radical (unpaired) electrons. The van der Waals surface area contributed by atoms with Gasteiger partial charge in [-0.25, -0.2) is 9.97 Å². The second-order valence-corrected chi connectivity index (χ2v) is 9.05. The van der Waals surface area contributed by atoms with Crippen LogP contribution in [0, 0.1) is 5.92 Å². The zero-order chi connectivity index (χ0) is 25.2. The first-order valence-electron chi connectivity index (χ1n) is 12.0. The standard InChI is InChI=1S/C17H16N4O3.C5H13NO.C4H8/c1-23-17-15(13(6-7-18-17)24-10-2-3-10)12-8-19-16-11(12)4-5-14(21-16)20-9-22;1-6(2)4-5-7-3;1-4-2-3-4/h4-10H,2-3H2,1H3,(H2,19,20,21,22);4-5H2,1-3H3;4H,2-3H2,1H3. The summed E-state index contributed by atoms with van der Waals surface area (Å²) in [4.78, 5) is 24.5. The van der Waals surface area contributed by atoms with E-state index in [-0.39, 0.29) is 6.10 Å². The van der Waals surface area contributed by atoms with Crippen LogP contribution in [-0.4, -0.2) is 73.8 Å². The molecule has 0 bridgehead atoms. The number of carbonyl (C=O) groups excluding carboxylic acids is 1. The quantitative estimate of drug-likeness (QED) is 0.436. The van der Waals surface area contributed by atoms with Crippen LogP contribution >= 0.6 is 0 Å². The van der Waals surface area contributed by atoms with Crippen molar-refractivity contribution in [3.05, 3.63) is 30.6 Å². The van der Waals surface area contributed by atoms with E-state index in [1.165, 1.54) is 12.8 Å². The van der Waals surface area contributed by atoms with Crippen molar-refractivity contribution in [1.29, 1.82) is 0 Å². The molecule has 0 atom stereocenters. The molecule has 3 heterocycles. The molecule has 2 aliphatic carbocycles. The third kappa shape index (κ3) is 8.22. The smallest absolute Gasteiger partial charge is 0.224 e. The van der Waals surface area contributed by atoms with E-state index in [0.717, 1.165) is 54.2 Å². The number of nitrogens with zero attached hydrogens (tertiary/aromatic N) is 3. The van der Waals surface area contributed by atoms with Crippen molar-refractivity contribution in [3.8, 4) is 22.8 Å². The van der Waals surface area contributed by atoms with Crippen molar-refractivity contribution in [2.45, 2.75) is 38.7 Å². The molecular formula is C26H37N5O4. The molecule has 5 rings (SSSR count). The van der Waals surface area contributed by atoms with Crippen LogP contribution in [0.1, 0.15) is 32.6 Å². The minimum Gasteiger partial charge on any atom is -0.490 e. The minimum atomic E-state index is 0.266. The Kier molecular flexibility index (Phi) is 9.86. The lowest BCUT2D eigenvalue weighted by Crippen LogP contribution is -2.16. The Labute approximate surface area is 207 Å². The Hall–Kier alpha value is -3.17. The van der Waals surface area contributed by atoms with Gasteiger partial charge in [0.05, 0.1) is 25.4 Å². The Morgan fingerprint density at radius 2 is 1.91 bits per heavy atom. The molecule has 0 saturated heterocycles. The maximum absolute atomic E-state index is 10.6. The van der Waals surface area contributed by atoms with E-state index in [0.29, 0.717) is 23.8 Å². The predicted molar refractivity (Wildman–Crippen MR) is 138 cm³/mol. The van der Waals surface area contributed by atoms with Gasteiger partial charge in [0, 0.05) is 37.0 Å². The predicted octanol–water partition coefficient (Wildman–Crippen LogP) is 4.35. The summed E-state index contributed by atoms with van der Waals surface area (Å²) >= 11 is 0.